The Kier molecular flexibility index (Phi) is 5.18. The predicted molar refractivity (Wildman–Crippen MR) is 85.6 cm³/mol. The fourth-order valence-electron chi connectivity index (χ4n) is 2.04. The third-order valence-electron chi connectivity index (χ3n) is 3.17. The maximum Gasteiger partial charge on any atom is 0.416 e. The lowest BCUT2D eigenvalue weighted by Gasteiger charge is -2.07. The van der Waals surface area contributed by atoms with Gasteiger partial charge >= 0.3 is 6.18 Å². The highest BCUT2D eigenvalue weighted by Gasteiger charge is 2.29. The van der Waals surface area contributed by atoms with Gasteiger partial charge in [0.05, 0.1) is 11.3 Å². The topological polar surface area (TPSA) is 46.2 Å². The quantitative estimate of drug-likeness (QED) is 0.658. The van der Waals surface area contributed by atoms with E-state index < -0.39 is 11.7 Å². The highest BCUT2D eigenvalue weighted by molar-refractivity contribution is 6.11. The van der Waals surface area contributed by atoms with Crippen molar-refractivity contribution in [2.45, 2.75) is 13.1 Å². The lowest BCUT2D eigenvalue weighted by Crippen LogP contribution is -2.10. The molecule has 2 rings (SSSR count). The molecular weight excluding hydrogens is 319 g/mol. The van der Waals surface area contributed by atoms with Gasteiger partial charge in [-0.25, -0.2) is 0 Å². The van der Waals surface area contributed by atoms with Crippen LogP contribution < -0.4 is 5.32 Å². The number of halogens is 3. The SMILES string of the molecule is CC(=O)Nc1ccccc1C(=O)/C=C/c1ccc(C(F)(F)F)cc1. The minimum atomic E-state index is -4.39. The summed E-state index contributed by atoms with van der Waals surface area (Å²) in [6, 6.07) is 11.0. The van der Waals surface area contributed by atoms with E-state index in [1.165, 1.54) is 31.2 Å². The average Bonchev–Trinajstić information content (AvgIpc) is 2.52. The molecule has 124 valence electrons. The van der Waals surface area contributed by atoms with Crippen LogP contribution in [0.4, 0.5) is 18.9 Å². The molecule has 0 fully saturated rings. The highest BCUT2D eigenvalue weighted by atomic mass is 19.4. The molecule has 0 heterocycles. The summed E-state index contributed by atoms with van der Waals surface area (Å²) >= 11 is 0. The second kappa shape index (κ2) is 7.12. The first kappa shape index (κ1) is 17.5. The summed E-state index contributed by atoms with van der Waals surface area (Å²) in [4.78, 5) is 23.4. The molecule has 2 aromatic rings. The minimum Gasteiger partial charge on any atom is -0.326 e. The zero-order valence-corrected chi connectivity index (χ0v) is 12.7. The Balaban J connectivity index is 2.18. The van der Waals surface area contributed by atoms with E-state index in [1.54, 1.807) is 24.3 Å². The van der Waals surface area contributed by atoms with Gasteiger partial charge in [0.25, 0.3) is 0 Å². The summed E-state index contributed by atoms with van der Waals surface area (Å²) in [5, 5.41) is 2.56. The van der Waals surface area contributed by atoms with Crippen LogP contribution in [0.1, 0.15) is 28.4 Å². The Morgan fingerprint density at radius 1 is 1.00 bits per heavy atom. The number of amides is 1. The summed E-state index contributed by atoms with van der Waals surface area (Å²) in [5.41, 5.74) is 0.401. The smallest absolute Gasteiger partial charge is 0.326 e. The molecule has 0 unspecified atom stereocenters. The van der Waals surface area contributed by atoms with Gasteiger partial charge < -0.3 is 5.32 Å². The Bertz CT molecular complexity index is 778. The van der Waals surface area contributed by atoms with Crippen molar-refractivity contribution >= 4 is 23.5 Å². The van der Waals surface area contributed by atoms with E-state index in [0.29, 0.717) is 16.8 Å². The van der Waals surface area contributed by atoms with Crippen molar-refractivity contribution in [3.63, 3.8) is 0 Å². The normalized spacial score (nSPS) is 11.5. The van der Waals surface area contributed by atoms with Crippen LogP contribution in [-0.4, -0.2) is 11.7 Å². The van der Waals surface area contributed by atoms with Crippen LogP contribution in [0, 0.1) is 0 Å². The van der Waals surface area contributed by atoms with Crippen molar-refractivity contribution in [1.29, 1.82) is 0 Å². The summed E-state index contributed by atoms with van der Waals surface area (Å²) < 4.78 is 37.5. The van der Waals surface area contributed by atoms with E-state index in [0.717, 1.165) is 12.1 Å². The van der Waals surface area contributed by atoms with Gasteiger partial charge in [-0.3, -0.25) is 9.59 Å². The number of para-hydroxylation sites is 1. The largest absolute Gasteiger partial charge is 0.416 e. The fourth-order valence-corrected chi connectivity index (χ4v) is 2.04. The first-order valence-electron chi connectivity index (χ1n) is 7.03. The molecule has 2 aromatic carbocycles. The molecular formula is C18H14F3NO2. The number of rotatable bonds is 4. The van der Waals surface area contributed by atoms with Gasteiger partial charge in [0.15, 0.2) is 5.78 Å². The number of hydrogen-bond donors (Lipinski definition) is 1. The molecule has 0 saturated carbocycles. The van der Waals surface area contributed by atoms with E-state index >= 15 is 0 Å². The molecule has 0 spiro atoms. The zero-order chi connectivity index (χ0) is 17.7. The number of hydrogen-bond acceptors (Lipinski definition) is 2. The van der Waals surface area contributed by atoms with Crippen LogP contribution in [0.15, 0.2) is 54.6 Å². The highest BCUT2D eigenvalue weighted by Crippen LogP contribution is 2.29. The number of alkyl halides is 3. The Morgan fingerprint density at radius 2 is 1.62 bits per heavy atom. The van der Waals surface area contributed by atoms with E-state index in [-0.39, 0.29) is 11.7 Å². The number of ketones is 1. The van der Waals surface area contributed by atoms with Crippen molar-refractivity contribution in [2.24, 2.45) is 0 Å². The maximum absolute atomic E-state index is 12.5. The molecule has 0 aliphatic rings. The molecule has 0 atom stereocenters. The summed E-state index contributed by atoms with van der Waals surface area (Å²) in [7, 11) is 0. The van der Waals surface area contributed by atoms with Gasteiger partial charge in [-0.15, -0.1) is 0 Å². The van der Waals surface area contributed by atoms with E-state index in [2.05, 4.69) is 5.32 Å². The van der Waals surface area contributed by atoms with Crippen molar-refractivity contribution in [1.82, 2.24) is 0 Å². The molecule has 0 aliphatic heterocycles. The van der Waals surface area contributed by atoms with Gasteiger partial charge in [0.1, 0.15) is 0 Å². The van der Waals surface area contributed by atoms with Crippen LogP contribution in [-0.2, 0) is 11.0 Å². The van der Waals surface area contributed by atoms with E-state index in [4.69, 9.17) is 0 Å². The second-order valence-electron chi connectivity index (χ2n) is 5.04. The van der Waals surface area contributed by atoms with Gasteiger partial charge in [0, 0.05) is 12.5 Å². The summed E-state index contributed by atoms with van der Waals surface area (Å²) in [6.45, 7) is 1.33. The lowest BCUT2D eigenvalue weighted by molar-refractivity contribution is -0.137. The van der Waals surface area contributed by atoms with E-state index in [1.807, 2.05) is 0 Å². The van der Waals surface area contributed by atoms with Gasteiger partial charge in [0.2, 0.25) is 5.91 Å². The average molecular weight is 333 g/mol. The van der Waals surface area contributed by atoms with Crippen molar-refractivity contribution in [3.05, 3.63) is 71.3 Å². The van der Waals surface area contributed by atoms with Gasteiger partial charge in [-0.2, -0.15) is 13.2 Å². The first-order chi connectivity index (χ1) is 11.3. The van der Waals surface area contributed by atoms with Gasteiger partial charge in [-0.1, -0.05) is 30.3 Å². The van der Waals surface area contributed by atoms with Crippen LogP contribution >= 0.6 is 0 Å². The molecule has 0 saturated heterocycles. The Morgan fingerprint density at radius 3 is 2.21 bits per heavy atom. The molecule has 3 nitrogen and oxygen atoms in total. The van der Waals surface area contributed by atoms with Crippen LogP contribution in [0.25, 0.3) is 6.08 Å². The van der Waals surface area contributed by atoms with Crippen LogP contribution in [0.5, 0.6) is 0 Å². The van der Waals surface area contributed by atoms with Crippen LogP contribution in [0.3, 0.4) is 0 Å². The lowest BCUT2D eigenvalue weighted by atomic mass is 10.1. The van der Waals surface area contributed by atoms with Crippen LogP contribution in [0.2, 0.25) is 0 Å². The number of carbonyl (C=O) groups is 2. The number of anilines is 1. The molecule has 0 bridgehead atoms. The third kappa shape index (κ3) is 4.55. The number of benzene rings is 2. The van der Waals surface area contributed by atoms with Crippen molar-refractivity contribution in [3.8, 4) is 0 Å². The van der Waals surface area contributed by atoms with Crippen molar-refractivity contribution < 1.29 is 22.8 Å². The van der Waals surface area contributed by atoms with Gasteiger partial charge in [-0.05, 0) is 35.9 Å². The second-order valence-corrected chi connectivity index (χ2v) is 5.04. The third-order valence-corrected chi connectivity index (χ3v) is 3.17. The molecule has 24 heavy (non-hydrogen) atoms. The predicted octanol–water partition coefficient (Wildman–Crippen LogP) is 4.56. The summed E-state index contributed by atoms with van der Waals surface area (Å²) in [6.07, 6.45) is -1.72. The summed E-state index contributed by atoms with van der Waals surface area (Å²) in [5.74, 6) is -0.666. The molecule has 0 aliphatic carbocycles. The maximum atomic E-state index is 12.5. The van der Waals surface area contributed by atoms with E-state index in [9.17, 15) is 22.8 Å². The molecule has 0 radical (unpaired) electrons. The molecule has 0 aromatic heterocycles. The monoisotopic (exact) mass is 333 g/mol. The number of nitrogens with one attached hydrogen (secondary N) is 1. The number of carbonyl (C=O) groups excluding carboxylic acids is 2. The standard InChI is InChI=1S/C18H14F3NO2/c1-12(23)22-16-5-3-2-4-15(16)17(24)11-8-13-6-9-14(10-7-13)18(19,20)21/h2-11H,1H3,(H,22,23)/b11-8+. The minimum absolute atomic E-state index is 0.302. The zero-order valence-electron chi connectivity index (χ0n) is 12.7. The molecule has 6 heteroatoms. The Labute approximate surface area is 136 Å². The number of allylic oxidation sites excluding steroid dienone is 1. The fraction of sp³-hybridized carbons (Fsp3) is 0.111. The first-order valence-corrected chi connectivity index (χ1v) is 7.03. The van der Waals surface area contributed by atoms with Crippen molar-refractivity contribution in [2.75, 3.05) is 5.32 Å². The molecule has 1 amide bonds. The molecule has 1 N–H and O–H groups in total. The Hall–Kier alpha value is -2.89.